The van der Waals surface area contributed by atoms with E-state index in [1.807, 2.05) is 23.6 Å². The zero-order valence-corrected chi connectivity index (χ0v) is 11.2. The second-order valence-corrected chi connectivity index (χ2v) is 5.09. The van der Waals surface area contributed by atoms with Gasteiger partial charge in [-0.2, -0.15) is 0 Å². The Balaban J connectivity index is 2.00. The topological polar surface area (TPSA) is 43.3 Å². The predicted octanol–water partition coefficient (Wildman–Crippen LogP) is 3.12. The summed E-state index contributed by atoms with van der Waals surface area (Å²) in [7, 11) is 0. The van der Waals surface area contributed by atoms with E-state index in [9.17, 15) is 0 Å². The fraction of sp³-hybridized carbons (Fsp3) is 0.188. The molecule has 0 radical (unpaired) electrons. The number of nitrogen functional groups attached to an aromatic ring is 1. The van der Waals surface area contributed by atoms with E-state index in [1.54, 1.807) is 0 Å². The summed E-state index contributed by atoms with van der Waals surface area (Å²) in [5.41, 5.74) is 12.4. The number of anilines is 1. The van der Waals surface area contributed by atoms with Crippen molar-refractivity contribution in [1.29, 1.82) is 0 Å². The summed E-state index contributed by atoms with van der Waals surface area (Å²) in [5, 5.41) is 0. The maximum Gasteiger partial charge on any atom is 0.140 e. The normalized spacial score (nSPS) is 11.1. The molecule has 2 heterocycles. The fourth-order valence-corrected chi connectivity index (χ4v) is 2.46. The van der Waals surface area contributed by atoms with Crippen LogP contribution in [0, 0.1) is 13.8 Å². The molecule has 2 aromatic heterocycles. The van der Waals surface area contributed by atoms with Crippen molar-refractivity contribution in [3.63, 3.8) is 0 Å². The first-order chi connectivity index (χ1) is 9.11. The molecule has 3 heteroatoms. The molecule has 1 aromatic carbocycles. The molecule has 0 fully saturated rings. The van der Waals surface area contributed by atoms with Gasteiger partial charge in [0.1, 0.15) is 5.65 Å². The monoisotopic (exact) mass is 251 g/mol. The molecule has 96 valence electrons. The molecule has 3 aromatic rings. The summed E-state index contributed by atoms with van der Waals surface area (Å²) in [6.07, 6.45) is 4.82. The molecule has 0 aliphatic carbocycles. The highest BCUT2D eigenvalue weighted by atomic mass is 15.0. The van der Waals surface area contributed by atoms with Gasteiger partial charge in [-0.1, -0.05) is 29.8 Å². The van der Waals surface area contributed by atoms with Crippen molar-refractivity contribution in [3.8, 4) is 0 Å². The van der Waals surface area contributed by atoms with E-state index in [1.165, 1.54) is 11.1 Å². The Bertz CT molecular complexity index is 741. The number of benzene rings is 1. The average Bonchev–Trinajstić information content (AvgIpc) is 2.71. The van der Waals surface area contributed by atoms with Crippen LogP contribution in [0.3, 0.4) is 0 Å². The van der Waals surface area contributed by atoms with Crippen molar-refractivity contribution in [2.75, 3.05) is 5.73 Å². The number of hydrogen-bond acceptors (Lipinski definition) is 2. The van der Waals surface area contributed by atoms with Gasteiger partial charge in [0.05, 0.1) is 5.69 Å². The molecular weight excluding hydrogens is 234 g/mol. The van der Waals surface area contributed by atoms with Crippen LogP contribution in [0.5, 0.6) is 0 Å². The Labute approximate surface area is 112 Å². The Hall–Kier alpha value is -2.29. The zero-order chi connectivity index (χ0) is 13.4. The zero-order valence-electron chi connectivity index (χ0n) is 11.2. The van der Waals surface area contributed by atoms with E-state index in [0.29, 0.717) is 0 Å². The third-order valence-electron chi connectivity index (χ3n) is 3.27. The third-order valence-corrected chi connectivity index (χ3v) is 3.27. The first-order valence-corrected chi connectivity index (χ1v) is 6.41. The van der Waals surface area contributed by atoms with Crippen molar-refractivity contribution in [2.45, 2.75) is 20.3 Å². The minimum Gasteiger partial charge on any atom is -0.398 e. The number of pyridine rings is 1. The van der Waals surface area contributed by atoms with E-state index in [0.717, 1.165) is 29.0 Å². The lowest BCUT2D eigenvalue weighted by Gasteiger charge is -1.99. The number of imidazole rings is 1. The summed E-state index contributed by atoms with van der Waals surface area (Å²) < 4.78 is 2.01. The largest absolute Gasteiger partial charge is 0.398 e. The van der Waals surface area contributed by atoms with Gasteiger partial charge < -0.3 is 10.1 Å². The van der Waals surface area contributed by atoms with Gasteiger partial charge in [-0.3, -0.25) is 0 Å². The maximum atomic E-state index is 5.86. The predicted molar refractivity (Wildman–Crippen MR) is 78.3 cm³/mol. The van der Waals surface area contributed by atoms with Gasteiger partial charge in [0.25, 0.3) is 0 Å². The van der Waals surface area contributed by atoms with Crippen LogP contribution in [-0.4, -0.2) is 9.38 Å². The summed E-state index contributed by atoms with van der Waals surface area (Å²) >= 11 is 0. The molecule has 0 unspecified atom stereocenters. The number of fused-ring (bicyclic) bond motifs is 1. The number of aromatic nitrogens is 2. The quantitative estimate of drug-likeness (QED) is 0.760. The molecule has 0 atom stereocenters. The van der Waals surface area contributed by atoms with E-state index in [2.05, 4.69) is 42.4 Å². The minimum absolute atomic E-state index is 0.768. The molecule has 19 heavy (non-hydrogen) atoms. The van der Waals surface area contributed by atoms with E-state index in [4.69, 9.17) is 5.73 Å². The Kier molecular flexibility index (Phi) is 2.75. The average molecular weight is 251 g/mol. The van der Waals surface area contributed by atoms with Crippen LogP contribution >= 0.6 is 0 Å². The standard InChI is InChI=1S/C16H17N3/c1-11-4-3-5-13(6-11)8-15-10-19-9-14(17)7-12(2)16(19)18-15/h3-7,9-10H,8,17H2,1-2H3. The van der Waals surface area contributed by atoms with Gasteiger partial charge in [-0.05, 0) is 31.0 Å². The van der Waals surface area contributed by atoms with E-state index < -0.39 is 0 Å². The van der Waals surface area contributed by atoms with E-state index >= 15 is 0 Å². The number of rotatable bonds is 2. The van der Waals surface area contributed by atoms with Crippen LogP contribution in [0.4, 0.5) is 5.69 Å². The summed E-state index contributed by atoms with van der Waals surface area (Å²) in [6.45, 7) is 4.15. The van der Waals surface area contributed by atoms with Crippen molar-refractivity contribution in [2.24, 2.45) is 0 Å². The summed E-state index contributed by atoms with van der Waals surface area (Å²) in [4.78, 5) is 4.69. The summed E-state index contributed by atoms with van der Waals surface area (Å²) in [5.74, 6) is 0. The molecule has 3 rings (SSSR count). The highest BCUT2D eigenvalue weighted by Gasteiger charge is 2.06. The van der Waals surface area contributed by atoms with Crippen LogP contribution in [-0.2, 0) is 6.42 Å². The Morgan fingerprint density at radius 1 is 1.16 bits per heavy atom. The van der Waals surface area contributed by atoms with Gasteiger partial charge in [-0.25, -0.2) is 4.98 Å². The number of nitrogens with two attached hydrogens (primary N) is 1. The first kappa shape index (κ1) is 11.8. The lowest BCUT2D eigenvalue weighted by atomic mass is 10.1. The lowest BCUT2D eigenvalue weighted by Crippen LogP contribution is -1.92. The number of aryl methyl sites for hydroxylation is 2. The lowest BCUT2D eigenvalue weighted by molar-refractivity contribution is 1.11. The fourth-order valence-electron chi connectivity index (χ4n) is 2.46. The molecule has 0 amide bonds. The van der Waals surface area contributed by atoms with Crippen molar-refractivity contribution in [1.82, 2.24) is 9.38 Å². The van der Waals surface area contributed by atoms with Gasteiger partial charge >= 0.3 is 0 Å². The van der Waals surface area contributed by atoms with Crippen LogP contribution in [0.2, 0.25) is 0 Å². The Morgan fingerprint density at radius 2 is 2.00 bits per heavy atom. The molecule has 0 spiro atoms. The molecule has 3 nitrogen and oxygen atoms in total. The van der Waals surface area contributed by atoms with Crippen LogP contribution in [0.15, 0.2) is 42.7 Å². The van der Waals surface area contributed by atoms with Crippen LogP contribution in [0.1, 0.15) is 22.4 Å². The van der Waals surface area contributed by atoms with Crippen LogP contribution in [0.25, 0.3) is 5.65 Å². The molecule has 0 saturated heterocycles. The summed E-state index contributed by atoms with van der Waals surface area (Å²) in [6, 6.07) is 10.5. The van der Waals surface area contributed by atoms with Gasteiger partial charge in [0.2, 0.25) is 0 Å². The number of nitrogens with zero attached hydrogens (tertiary/aromatic N) is 2. The second kappa shape index (κ2) is 4.43. The first-order valence-electron chi connectivity index (χ1n) is 6.41. The molecule has 0 saturated carbocycles. The van der Waals surface area contributed by atoms with Crippen molar-refractivity contribution >= 4 is 11.3 Å². The van der Waals surface area contributed by atoms with Gasteiger partial charge in [0, 0.05) is 24.5 Å². The minimum atomic E-state index is 0.768. The van der Waals surface area contributed by atoms with E-state index in [-0.39, 0.29) is 0 Å². The van der Waals surface area contributed by atoms with Crippen molar-refractivity contribution < 1.29 is 0 Å². The third kappa shape index (κ3) is 2.32. The van der Waals surface area contributed by atoms with Gasteiger partial charge in [0.15, 0.2) is 0 Å². The SMILES string of the molecule is Cc1cccc(Cc2cn3cc(N)cc(C)c3n2)c1. The Morgan fingerprint density at radius 3 is 2.79 bits per heavy atom. The second-order valence-electron chi connectivity index (χ2n) is 5.09. The van der Waals surface area contributed by atoms with Gasteiger partial charge in [-0.15, -0.1) is 0 Å². The van der Waals surface area contributed by atoms with Crippen molar-refractivity contribution in [3.05, 3.63) is 65.1 Å². The smallest absolute Gasteiger partial charge is 0.140 e. The molecule has 0 aliphatic heterocycles. The number of hydrogen-bond donors (Lipinski definition) is 1. The highest BCUT2D eigenvalue weighted by molar-refractivity contribution is 5.55. The molecule has 2 N–H and O–H groups in total. The highest BCUT2D eigenvalue weighted by Crippen LogP contribution is 2.16. The molecule has 0 bridgehead atoms. The molecule has 0 aliphatic rings. The maximum absolute atomic E-state index is 5.86. The van der Waals surface area contributed by atoms with Crippen LogP contribution < -0.4 is 5.73 Å². The molecular formula is C16H17N3.